The van der Waals surface area contributed by atoms with Gasteiger partial charge in [-0.2, -0.15) is 8.78 Å². The first-order chi connectivity index (χ1) is 8.02. The van der Waals surface area contributed by atoms with E-state index in [1.807, 2.05) is 0 Å². The van der Waals surface area contributed by atoms with Gasteiger partial charge in [-0.3, -0.25) is 4.99 Å². The van der Waals surface area contributed by atoms with Crippen LogP contribution in [0.3, 0.4) is 0 Å². The number of nitrogens with zero attached hydrogens (tertiary/aromatic N) is 2. The minimum Gasteiger partial charge on any atom is -0.435 e. The van der Waals surface area contributed by atoms with E-state index in [9.17, 15) is 8.78 Å². The molecule has 0 aliphatic carbocycles. The molecule has 0 saturated heterocycles. The summed E-state index contributed by atoms with van der Waals surface area (Å²) < 4.78 is 28.1. The van der Waals surface area contributed by atoms with Crippen molar-refractivity contribution in [2.45, 2.75) is 13.2 Å². The molecule has 0 amide bonds. The third-order valence-corrected chi connectivity index (χ3v) is 2.19. The first-order valence-corrected chi connectivity index (χ1v) is 5.00. The van der Waals surface area contributed by atoms with Gasteiger partial charge in [-0.15, -0.1) is 24.0 Å². The number of halogens is 3. The number of rotatable bonds is 4. The summed E-state index contributed by atoms with van der Waals surface area (Å²) in [4.78, 5) is 5.59. The number of nitrogens with two attached hydrogens (primary N) is 1. The van der Waals surface area contributed by atoms with E-state index in [0.717, 1.165) is 5.56 Å². The second-order valence-electron chi connectivity index (χ2n) is 3.46. The Morgan fingerprint density at radius 2 is 1.94 bits per heavy atom. The van der Waals surface area contributed by atoms with E-state index in [2.05, 4.69) is 9.73 Å². The number of guanidine groups is 1. The highest BCUT2D eigenvalue weighted by molar-refractivity contribution is 14.0. The van der Waals surface area contributed by atoms with Crippen molar-refractivity contribution in [1.29, 1.82) is 0 Å². The Kier molecular flexibility index (Phi) is 7.56. The van der Waals surface area contributed by atoms with Crippen molar-refractivity contribution in [3.05, 3.63) is 29.8 Å². The van der Waals surface area contributed by atoms with Crippen LogP contribution in [0.4, 0.5) is 8.78 Å². The number of benzene rings is 1. The van der Waals surface area contributed by atoms with Gasteiger partial charge in [0.2, 0.25) is 0 Å². The highest BCUT2D eigenvalue weighted by Gasteiger charge is 2.05. The van der Waals surface area contributed by atoms with E-state index >= 15 is 0 Å². The maximum absolute atomic E-state index is 11.9. The van der Waals surface area contributed by atoms with Gasteiger partial charge in [0.1, 0.15) is 5.75 Å². The number of aliphatic imine (C=N–C) groups is 1. The summed E-state index contributed by atoms with van der Waals surface area (Å²) in [5, 5.41) is 0. The van der Waals surface area contributed by atoms with E-state index in [0.29, 0.717) is 12.5 Å². The highest BCUT2D eigenvalue weighted by atomic mass is 127. The molecule has 0 spiro atoms. The fourth-order valence-corrected chi connectivity index (χ4v) is 1.30. The van der Waals surface area contributed by atoms with Crippen LogP contribution >= 0.6 is 24.0 Å². The van der Waals surface area contributed by atoms with Crippen LogP contribution in [0.1, 0.15) is 5.56 Å². The van der Waals surface area contributed by atoms with Crippen LogP contribution in [0.15, 0.2) is 29.3 Å². The van der Waals surface area contributed by atoms with Crippen molar-refractivity contribution in [2.24, 2.45) is 10.7 Å². The van der Waals surface area contributed by atoms with Crippen molar-refractivity contribution in [3.8, 4) is 5.75 Å². The smallest absolute Gasteiger partial charge is 0.387 e. The topological polar surface area (TPSA) is 50.8 Å². The molecule has 0 bridgehead atoms. The van der Waals surface area contributed by atoms with Crippen molar-refractivity contribution in [1.82, 2.24) is 4.90 Å². The van der Waals surface area contributed by atoms with Crippen molar-refractivity contribution >= 4 is 29.9 Å². The number of ether oxygens (including phenoxy) is 1. The Morgan fingerprint density at radius 1 is 1.39 bits per heavy atom. The molecule has 0 fully saturated rings. The molecule has 0 heterocycles. The second-order valence-corrected chi connectivity index (χ2v) is 3.46. The van der Waals surface area contributed by atoms with Gasteiger partial charge >= 0.3 is 6.61 Å². The maximum Gasteiger partial charge on any atom is 0.387 e. The minimum atomic E-state index is -2.80. The van der Waals surface area contributed by atoms with E-state index in [4.69, 9.17) is 5.73 Å². The van der Waals surface area contributed by atoms with Crippen molar-refractivity contribution in [2.75, 3.05) is 14.1 Å². The Hall–Kier alpha value is -1.12. The molecule has 0 saturated carbocycles. The van der Waals surface area contributed by atoms with Crippen LogP contribution in [0.5, 0.6) is 5.75 Å². The van der Waals surface area contributed by atoms with Crippen LogP contribution in [0.25, 0.3) is 0 Å². The van der Waals surface area contributed by atoms with Gasteiger partial charge in [-0.05, 0) is 17.7 Å². The van der Waals surface area contributed by atoms with E-state index in [1.54, 1.807) is 31.1 Å². The zero-order valence-corrected chi connectivity index (χ0v) is 12.5. The molecule has 7 heteroatoms. The van der Waals surface area contributed by atoms with Gasteiger partial charge < -0.3 is 15.4 Å². The van der Waals surface area contributed by atoms with E-state index in [1.165, 1.54) is 12.1 Å². The third-order valence-electron chi connectivity index (χ3n) is 2.19. The highest BCUT2D eigenvalue weighted by Crippen LogP contribution is 2.15. The first-order valence-electron chi connectivity index (χ1n) is 5.00. The van der Waals surface area contributed by atoms with Crippen LogP contribution < -0.4 is 10.5 Å². The number of hydrogen-bond acceptors (Lipinski definition) is 2. The lowest BCUT2D eigenvalue weighted by molar-refractivity contribution is -0.0498. The Morgan fingerprint density at radius 3 is 2.39 bits per heavy atom. The first kappa shape index (κ1) is 16.9. The Balaban J connectivity index is 0.00000289. The van der Waals surface area contributed by atoms with Crippen molar-refractivity contribution < 1.29 is 13.5 Å². The number of alkyl halides is 2. The molecule has 0 aliphatic rings. The molecule has 0 radical (unpaired) electrons. The lowest BCUT2D eigenvalue weighted by Gasteiger charge is -2.17. The van der Waals surface area contributed by atoms with E-state index < -0.39 is 6.61 Å². The van der Waals surface area contributed by atoms with Crippen LogP contribution in [-0.4, -0.2) is 31.6 Å². The molecule has 0 aromatic heterocycles. The summed E-state index contributed by atoms with van der Waals surface area (Å²) in [7, 11) is 3.40. The fourth-order valence-electron chi connectivity index (χ4n) is 1.30. The van der Waals surface area contributed by atoms with Gasteiger partial charge in [0.25, 0.3) is 0 Å². The predicted molar refractivity (Wildman–Crippen MR) is 77.5 cm³/mol. The normalized spacial score (nSPS) is 11.1. The molecule has 4 nitrogen and oxygen atoms in total. The average Bonchev–Trinajstić information content (AvgIpc) is 2.30. The molecular formula is C11H16F2IN3O. The summed E-state index contributed by atoms with van der Waals surface area (Å²) in [6.45, 7) is -2.25. The summed E-state index contributed by atoms with van der Waals surface area (Å²) in [5.41, 5.74) is 6.54. The molecule has 1 rings (SSSR count). The second kappa shape index (κ2) is 8.06. The quantitative estimate of drug-likeness (QED) is 0.502. The SMILES string of the molecule is CN=C(N)N(C)Cc1ccc(OC(F)F)cc1.I. The van der Waals surface area contributed by atoms with Crippen LogP contribution in [0, 0.1) is 0 Å². The average molecular weight is 371 g/mol. The van der Waals surface area contributed by atoms with Gasteiger partial charge in [0, 0.05) is 20.6 Å². The largest absolute Gasteiger partial charge is 0.435 e. The third kappa shape index (κ3) is 5.48. The molecule has 0 atom stereocenters. The lowest BCUT2D eigenvalue weighted by atomic mass is 10.2. The molecule has 102 valence electrons. The summed E-state index contributed by atoms with van der Waals surface area (Å²) >= 11 is 0. The minimum absolute atomic E-state index is 0. The standard InChI is InChI=1S/C11H15F2N3O.HI/c1-15-11(14)16(2)7-8-3-5-9(6-4-8)17-10(12)13;/h3-6,10H,7H2,1-2H3,(H2,14,15);1H. The zero-order valence-electron chi connectivity index (χ0n) is 10.1. The summed E-state index contributed by atoms with van der Waals surface area (Å²) in [5.74, 6) is 0.557. The van der Waals surface area contributed by atoms with E-state index in [-0.39, 0.29) is 29.7 Å². The van der Waals surface area contributed by atoms with Crippen LogP contribution in [-0.2, 0) is 6.54 Å². The lowest BCUT2D eigenvalue weighted by Crippen LogP contribution is -2.33. The molecule has 0 unspecified atom stereocenters. The fraction of sp³-hybridized carbons (Fsp3) is 0.364. The Labute approximate surface area is 122 Å². The van der Waals surface area contributed by atoms with Crippen LogP contribution in [0.2, 0.25) is 0 Å². The van der Waals surface area contributed by atoms with Gasteiger partial charge in [0.15, 0.2) is 5.96 Å². The summed E-state index contributed by atoms with van der Waals surface area (Å²) in [6, 6.07) is 6.40. The molecule has 0 aliphatic heterocycles. The predicted octanol–water partition coefficient (Wildman–Crippen LogP) is 2.28. The molecule has 1 aromatic rings. The zero-order chi connectivity index (χ0) is 12.8. The molecule has 2 N–H and O–H groups in total. The van der Waals surface area contributed by atoms with Crippen molar-refractivity contribution in [3.63, 3.8) is 0 Å². The molecular weight excluding hydrogens is 355 g/mol. The van der Waals surface area contributed by atoms with Gasteiger partial charge in [-0.1, -0.05) is 12.1 Å². The number of hydrogen-bond donors (Lipinski definition) is 1. The summed E-state index contributed by atoms with van der Waals surface area (Å²) in [6.07, 6.45) is 0. The Bertz CT molecular complexity index is 384. The monoisotopic (exact) mass is 371 g/mol. The van der Waals surface area contributed by atoms with Gasteiger partial charge in [-0.25, -0.2) is 0 Å². The van der Waals surface area contributed by atoms with Gasteiger partial charge in [0.05, 0.1) is 0 Å². The molecule has 18 heavy (non-hydrogen) atoms. The molecule has 1 aromatic carbocycles. The maximum atomic E-state index is 11.9.